The van der Waals surface area contributed by atoms with Crippen molar-refractivity contribution in [3.05, 3.63) is 47.3 Å². The molecule has 0 aliphatic carbocycles. The fraction of sp³-hybridized carbons (Fsp3) is 0.581. The van der Waals surface area contributed by atoms with Crippen LogP contribution in [0.1, 0.15) is 110 Å². The third kappa shape index (κ3) is 9.41. The molecule has 0 amide bonds. The molecule has 8 heteroatoms. The summed E-state index contributed by atoms with van der Waals surface area (Å²) in [5, 5.41) is 9.61. The van der Waals surface area contributed by atoms with Crippen LogP contribution in [0.15, 0.2) is 36.6 Å². The molecule has 0 saturated carbocycles. The van der Waals surface area contributed by atoms with Crippen molar-refractivity contribution in [2.24, 2.45) is 0 Å². The van der Waals surface area contributed by atoms with Gasteiger partial charge in [0.05, 0.1) is 12.3 Å². The largest absolute Gasteiger partial charge is 0.460 e. The molecule has 0 saturated heterocycles. The zero-order valence-electron chi connectivity index (χ0n) is 24.2. The van der Waals surface area contributed by atoms with E-state index in [4.69, 9.17) is 21.1 Å². The zero-order chi connectivity index (χ0) is 28.3. The molecule has 0 aliphatic heterocycles. The van der Waals surface area contributed by atoms with Gasteiger partial charge in [0.1, 0.15) is 10.8 Å². The lowest BCUT2D eigenvalue weighted by Gasteiger charge is -2.14. The highest BCUT2D eigenvalue weighted by molar-refractivity contribution is 6.34. The van der Waals surface area contributed by atoms with Crippen LogP contribution in [0.3, 0.4) is 0 Å². The summed E-state index contributed by atoms with van der Waals surface area (Å²) in [5.74, 6) is 0.570. The van der Waals surface area contributed by atoms with Crippen molar-refractivity contribution >= 4 is 23.2 Å². The van der Waals surface area contributed by atoms with Gasteiger partial charge in [-0.05, 0) is 37.3 Å². The lowest BCUT2D eigenvalue weighted by Crippen LogP contribution is -2.13. The van der Waals surface area contributed by atoms with Crippen molar-refractivity contribution in [2.75, 3.05) is 6.61 Å². The summed E-state index contributed by atoms with van der Waals surface area (Å²) in [7, 11) is 0. The van der Waals surface area contributed by atoms with E-state index in [0.29, 0.717) is 28.9 Å². The first kappa shape index (κ1) is 30.7. The molecule has 3 rings (SSSR count). The van der Waals surface area contributed by atoms with Crippen LogP contribution in [0, 0.1) is 0 Å². The number of hydrogen-bond acceptors (Lipinski definition) is 5. The van der Waals surface area contributed by atoms with Gasteiger partial charge >= 0.3 is 5.97 Å². The van der Waals surface area contributed by atoms with Crippen molar-refractivity contribution in [2.45, 2.75) is 110 Å². The Morgan fingerprint density at radius 1 is 0.923 bits per heavy atom. The van der Waals surface area contributed by atoms with Crippen molar-refractivity contribution in [1.82, 2.24) is 19.8 Å². The highest BCUT2D eigenvalue weighted by atomic mass is 35.5. The molecule has 3 aromatic rings. The van der Waals surface area contributed by atoms with Gasteiger partial charge in [-0.1, -0.05) is 110 Å². The second kappa shape index (κ2) is 15.1. The molecule has 0 fully saturated rings. The smallest absolute Gasteiger partial charge is 0.373 e. The monoisotopic (exact) mass is 556 g/mol. The molecule has 2 aromatic heterocycles. The molecule has 7 nitrogen and oxygen atoms in total. The lowest BCUT2D eigenvalue weighted by atomic mass is 9.92. The van der Waals surface area contributed by atoms with E-state index in [1.807, 2.05) is 12.1 Å². The first-order valence-corrected chi connectivity index (χ1v) is 14.9. The molecule has 1 aromatic carbocycles. The number of benzene rings is 1. The van der Waals surface area contributed by atoms with Crippen molar-refractivity contribution in [1.29, 1.82) is 0 Å². The number of carbonyl (C=O) groups is 1. The summed E-state index contributed by atoms with van der Waals surface area (Å²) >= 11 is 6.53. The third-order valence-corrected chi connectivity index (χ3v) is 7.14. The number of rotatable bonds is 17. The Bertz CT molecular complexity index is 1190. The number of ether oxygens (including phenoxy) is 2. The fourth-order valence-corrected chi connectivity index (χ4v) is 4.90. The predicted molar refractivity (Wildman–Crippen MR) is 158 cm³/mol. The Balaban J connectivity index is 1.33. The van der Waals surface area contributed by atoms with Gasteiger partial charge in [0.15, 0.2) is 11.5 Å². The van der Waals surface area contributed by atoms with E-state index in [-0.39, 0.29) is 11.2 Å². The molecular formula is C31H45ClN4O3. The maximum absolute atomic E-state index is 12.3. The molecular weight excluding hydrogens is 512 g/mol. The second-order valence-corrected chi connectivity index (χ2v) is 11.7. The number of hydrogen-bond donors (Lipinski definition) is 1. The Hall–Kier alpha value is -2.80. The van der Waals surface area contributed by atoms with Gasteiger partial charge in [0.25, 0.3) is 0 Å². The Morgan fingerprint density at radius 2 is 1.49 bits per heavy atom. The minimum Gasteiger partial charge on any atom is -0.460 e. The van der Waals surface area contributed by atoms with Crippen LogP contribution in [0.4, 0.5) is 0 Å². The molecule has 0 aliphatic rings. The molecule has 1 N–H and O–H groups in total. The maximum atomic E-state index is 12.3. The number of nitrogens with one attached hydrogen (secondary N) is 1. The van der Waals surface area contributed by atoms with Crippen LogP contribution in [0.25, 0.3) is 17.0 Å². The highest BCUT2D eigenvalue weighted by Gasteiger charge is 2.25. The molecule has 0 bridgehead atoms. The average Bonchev–Trinajstić information content (AvgIpc) is 3.46. The van der Waals surface area contributed by atoms with Gasteiger partial charge < -0.3 is 14.5 Å². The number of aromatic nitrogens is 4. The van der Waals surface area contributed by atoms with E-state index < -0.39 is 5.97 Å². The number of nitrogens with zero attached hydrogens (tertiary/aromatic N) is 3. The number of esters is 1. The molecule has 39 heavy (non-hydrogen) atoms. The second-order valence-electron chi connectivity index (χ2n) is 11.3. The molecule has 0 radical (unpaired) electrons. The van der Waals surface area contributed by atoms with Gasteiger partial charge in [-0.25, -0.2) is 4.79 Å². The number of carbonyl (C=O) groups excluding carboxylic acids is 1. The number of H-pyrrole nitrogens is 1. The van der Waals surface area contributed by atoms with Gasteiger partial charge in [0, 0.05) is 11.0 Å². The van der Waals surface area contributed by atoms with Crippen molar-refractivity contribution in [3.8, 4) is 17.1 Å². The molecule has 214 valence electrons. The van der Waals surface area contributed by atoms with E-state index in [2.05, 4.69) is 49.5 Å². The standard InChI is InChI=1S/C31H45ClN4O3/c1-6-7-8-9-10-11-12-13-14-15-16-17-22-38-30(37)23(2)39-25-20-18-24(19-21-25)28-33-29-26(32)27(31(3,4)5)34-36(29)35-28/h18-21H,2,6-17,22H2,1,3-5H3,(H,33,35). The fourth-order valence-electron chi connectivity index (χ4n) is 4.46. The van der Waals surface area contributed by atoms with Gasteiger partial charge in [0.2, 0.25) is 5.76 Å². The average molecular weight is 557 g/mol. The molecule has 0 spiro atoms. The summed E-state index contributed by atoms with van der Waals surface area (Å²) in [6, 6.07) is 7.20. The minimum absolute atomic E-state index is 0.0281. The van der Waals surface area contributed by atoms with Crippen LogP contribution < -0.4 is 4.74 Å². The van der Waals surface area contributed by atoms with E-state index in [1.165, 1.54) is 68.8 Å². The predicted octanol–water partition coefficient (Wildman–Crippen LogP) is 8.81. The molecule has 0 unspecified atom stereocenters. The topological polar surface area (TPSA) is 81.5 Å². The highest BCUT2D eigenvalue weighted by Crippen LogP contribution is 2.32. The van der Waals surface area contributed by atoms with Gasteiger partial charge in [-0.15, -0.1) is 9.73 Å². The van der Waals surface area contributed by atoms with E-state index >= 15 is 0 Å². The molecule has 0 atom stereocenters. The van der Waals surface area contributed by atoms with E-state index in [0.717, 1.165) is 24.1 Å². The first-order chi connectivity index (χ1) is 18.7. The van der Waals surface area contributed by atoms with Crippen LogP contribution in [-0.2, 0) is 14.9 Å². The summed E-state index contributed by atoms with van der Waals surface area (Å²) in [4.78, 5) is 15.5. The van der Waals surface area contributed by atoms with Crippen molar-refractivity contribution < 1.29 is 14.3 Å². The summed E-state index contributed by atoms with van der Waals surface area (Å²) < 4.78 is 12.5. The number of halogens is 1. The number of fused-ring (bicyclic) bond motifs is 1. The Kier molecular flexibility index (Phi) is 11.9. The Morgan fingerprint density at radius 3 is 2.03 bits per heavy atom. The summed E-state index contributed by atoms with van der Waals surface area (Å²) in [6.45, 7) is 12.5. The van der Waals surface area contributed by atoms with Crippen LogP contribution in [0.5, 0.6) is 5.75 Å². The normalized spacial score (nSPS) is 11.7. The van der Waals surface area contributed by atoms with E-state index in [9.17, 15) is 4.79 Å². The summed E-state index contributed by atoms with van der Waals surface area (Å²) in [5.41, 5.74) is 2.10. The zero-order valence-corrected chi connectivity index (χ0v) is 24.9. The molecule has 2 heterocycles. The summed E-state index contributed by atoms with van der Waals surface area (Å²) in [6.07, 6.45) is 15.2. The number of unbranched alkanes of at least 4 members (excludes halogenated alkanes) is 11. The van der Waals surface area contributed by atoms with E-state index in [1.54, 1.807) is 12.1 Å². The van der Waals surface area contributed by atoms with Crippen LogP contribution in [0.2, 0.25) is 5.02 Å². The van der Waals surface area contributed by atoms with Crippen molar-refractivity contribution in [3.63, 3.8) is 0 Å². The van der Waals surface area contributed by atoms with Gasteiger partial charge in [-0.2, -0.15) is 5.10 Å². The quantitative estimate of drug-likeness (QED) is 0.0777. The van der Waals surface area contributed by atoms with Crippen LogP contribution >= 0.6 is 11.6 Å². The lowest BCUT2D eigenvalue weighted by molar-refractivity contribution is -0.141. The maximum Gasteiger partial charge on any atom is 0.373 e. The Labute approximate surface area is 238 Å². The minimum atomic E-state index is -0.529. The SMILES string of the molecule is C=C(Oc1ccc(-c2nn3nc(C(C)(C)C)c(Cl)c3[nH]2)cc1)C(=O)OCCCCCCCCCCCCCC. The van der Waals surface area contributed by atoms with Gasteiger partial charge in [-0.3, -0.25) is 0 Å². The number of aromatic amines is 1. The first-order valence-electron chi connectivity index (χ1n) is 14.5. The van der Waals surface area contributed by atoms with Crippen LogP contribution in [-0.4, -0.2) is 32.4 Å². The third-order valence-electron chi connectivity index (χ3n) is 6.78.